The third-order valence-corrected chi connectivity index (χ3v) is 6.31. The van der Waals surface area contributed by atoms with Crippen LogP contribution >= 0.6 is 11.6 Å². The van der Waals surface area contributed by atoms with Crippen LogP contribution in [0.15, 0.2) is 18.2 Å². The van der Waals surface area contributed by atoms with Gasteiger partial charge in [0.05, 0.1) is 0 Å². The van der Waals surface area contributed by atoms with Gasteiger partial charge in [0.25, 0.3) is 0 Å². The maximum Gasteiger partial charge on any atom is 0.0408 e. The van der Waals surface area contributed by atoms with Crippen molar-refractivity contribution in [3.8, 4) is 0 Å². The van der Waals surface area contributed by atoms with Gasteiger partial charge in [-0.2, -0.15) is 0 Å². The highest BCUT2D eigenvalue weighted by Crippen LogP contribution is 2.68. The van der Waals surface area contributed by atoms with E-state index in [2.05, 4.69) is 45.1 Å². The van der Waals surface area contributed by atoms with Crippen molar-refractivity contribution in [2.75, 3.05) is 6.54 Å². The first-order valence-corrected chi connectivity index (χ1v) is 7.73. The van der Waals surface area contributed by atoms with E-state index < -0.39 is 0 Å². The summed E-state index contributed by atoms with van der Waals surface area (Å²) in [4.78, 5) is 0. The van der Waals surface area contributed by atoms with Crippen molar-refractivity contribution < 1.29 is 0 Å². The van der Waals surface area contributed by atoms with Crippen LogP contribution in [0.4, 0.5) is 0 Å². The molecule has 1 saturated carbocycles. The van der Waals surface area contributed by atoms with Crippen LogP contribution in [0.2, 0.25) is 5.02 Å². The number of hydrogen-bond acceptors (Lipinski definition) is 1. The van der Waals surface area contributed by atoms with Crippen LogP contribution in [0.1, 0.15) is 51.3 Å². The summed E-state index contributed by atoms with van der Waals surface area (Å²) in [5, 5.41) is 4.65. The highest BCUT2D eigenvalue weighted by atomic mass is 35.5. The van der Waals surface area contributed by atoms with Crippen LogP contribution in [0.5, 0.6) is 0 Å². The Bertz CT molecular complexity index is 490. The van der Waals surface area contributed by atoms with E-state index in [1.807, 2.05) is 6.07 Å². The van der Waals surface area contributed by atoms with Crippen LogP contribution < -0.4 is 5.32 Å². The molecule has 3 rings (SSSR count). The summed E-state index contributed by atoms with van der Waals surface area (Å²) in [5.41, 5.74) is 3.84. The molecule has 0 spiro atoms. The van der Waals surface area contributed by atoms with Gasteiger partial charge >= 0.3 is 0 Å². The molecule has 1 fully saturated rings. The fourth-order valence-electron chi connectivity index (χ4n) is 3.90. The second-order valence-electron chi connectivity index (χ2n) is 7.34. The second-order valence-corrected chi connectivity index (χ2v) is 7.78. The SMILES string of the molecule is CC1(C)C(CNC2CCc3cc(Cl)ccc32)C1(C)C. The fraction of sp³-hybridized carbons (Fsp3) is 0.647. The average Bonchev–Trinajstić information content (AvgIpc) is 2.64. The Balaban J connectivity index is 1.65. The van der Waals surface area contributed by atoms with E-state index in [1.54, 1.807) is 0 Å². The minimum Gasteiger partial charge on any atom is -0.310 e. The maximum atomic E-state index is 6.06. The van der Waals surface area contributed by atoms with Gasteiger partial charge in [-0.05, 0) is 59.4 Å². The second kappa shape index (κ2) is 4.23. The van der Waals surface area contributed by atoms with Crippen LogP contribution in [-0.2, 0) is 6.42 Å². The van der Waals surface area contributed by atoms with Gasteiger partial charge in [-0.3, -0.25) is 0 Å². The van der Waals surface area contributed by atoms with Crippen molar-refractivity contribution in [3.05, 3.63) is 34.3 Å². The summed E-state index contributed by atoms with van der Waals surface area (Å²) < 4.78 is 0. The molecule has 0 aromatic heterocycles. The van der Waals surface area contributed by atoms with Crippen molar-refractivity contribution in [2.24, 2.45) is 16.7 Å². The molecular formula is C17H24ClN. The molecule has 19 heavy (non-hydrogen) atoms. The Morgan fingerprint density at radius 1 is 1.21 bits per heavy atom. The molecule has 0 heterocycles. The molecule has 1 aromatic carbocycles. The molecule has 0 saturated heterocycles. The molecule has 1 aromatic rings. The summed E-state index contributed by atoms with van der Waals surface area (Å²) in [5.74, 6) is 0.788. The maximum absolute atomic E-state index is 6.06. The number of benzene rings is 1. The van der Waals surface area contributed by atoms with Crippen molar-refractivity contribution in [2.45, 2.75) is 46.6 Å². The Labute approximate surface area is 121 Å². The van der Waals surface area contributed by atoms with Crippen LogP contribution in [-0.4, -0.2) is 6.54 Å². The molecule has 1 unspecified atom stereocenters. The highest BCUT2D eigenvalue weighted by molar-refractivity contribution is 6.30. The monoisotopic (exact) mass is 277 g/mol. The summed E-state index contributed by atoms with van der Waals surface area (Å²) in [6.07, 6.45) is 2.37. The zero-order valence-electron chi connectivity index (χ0n) is 12.4. The third-order valence-electron chi connectivity index (χ3n) is 6.07. The summed E-state index contributed by atoms with van der Waals surface area (Å²) in [7, 11) is 0. The molecule has 0 amide bonds. The van der Waals surface area contributed by atoms with E-state index in [9.17, 15) is 0 Å². The predicted molar refractivity (Wildman–Crippen MR) is 81.6 cm³/mol. The van der Waals surface area contributed by atoms with E-state index >= 15 is 0 Å². The summed E-state index contributed by atoms with van der Waals surface area (Å²) >= 11 is 6.06. The predicted octanol–water partition coefficient (Wildman–Crippen LogP) is 4.60. The van der Waals surface area contributed by atoms with Crippen LogP contribution in [0.25, 0.3) is 0 Å². The van der Waals surface area contributed by atoms with Crippen molar-refractivity contribution in [1.29, 1.82) is 0 Å². The average molecular weight is 278 g/mol. The number of fused-ring (bicyclic) bond motifs is 1. The molecule has 0 radical (unpaired) electrons. The smallest absolute Gasteiger partial charge is 0.0408 e. The number of halogens is 1. The topological polar surface area (TPSA) is 12.0 Å². The molecule has 2 aliphatic rings. The first-order valence-electron chi connectivity index (χ1n) is 7.36. The van der Waals surface area contributed by atoms with Gasteiger partial charge < -0.3 is 5.32 Å². The molecule has 1 N–H and O–H groups in total. The lowest BCUT2D eigenvalue weighted by atomic mass is 10.0. The minimum atomic E-state index is 0.474. The number of hydrogen-bond donors (Lipinski definition) is 1. The van der Waals surface area contributed by atoms with Gasteiger partial charge in [0.2, 0.25) is 0 Å². The molecule has 104 valence electrons. The zero-order valence-corrected chi connectivity index (χ0v) is 13.1. The van der Waals surface area contributed by atoms with Crippen molar-refractivity contribution in [3.63, 3.8) is 0 Å². The van der Waals surface area contributed by atoms with Crippen molar-refractivity contribution >= 4 is 11.6 Å². The van der Waals surface area contributed by atoms with Gasteiger partial charge in [0.15, 0.2) is 0 Å². The van der Waals surface area contributed by atoms with Crippen molar-refractivity contribution in [1.82, 2.24) is 5.32 Å². The third kappa shape index (κ3) is 2.02. The Kier molecular flexibility index (Phi) is 3.00. The standard InChI is InChI=1S/C17H24ClN/c1-16(2)15(17(16,3)4)10-19-14-8-5-11-9-12(18)6-7-13(11)14/h6-7,9,14-15,19H,5,8,10H2,1-4H3. The molecule has 2 aliphatic carbocycles. The van der Waals surface area contributed by atoms with Gasteiger partial charge in [-0.25, -0.2) is 0 Å². The lowest BCUT2D eigenvalue weighted by Gasteiger charge is -2.15. The highest BCUT2D eigenvalue weighted by Gasteiger charge is 2.63. The first kappa shape index (κ1) is 13.5. The molecular weight excluding hydrogens is 254 g/mol. The van der Waals surface area contributed by atoms with Gasteiger partial charge in [-0.15, -0.1) is 0 Å². The van der Waals surface area contributed by atoms with Gasteiger partial charge in [0.1, 0.15) is 0 Å². The summed E-state index contributed by atoms with van der Waals surface area (Å²) in [6, 6.07) is 6.87. The Morgan fingerprint density at radius 2 is 1.89 bits per heavy atom. The molecule has 1 atom stereocenters. The van der Waals surface area contributed by atoms with Gasteiger partial charge in [0, 0.05) is 11.1 Å². The molecule has 0 bridgehead atoms. The number of aryl methyl sites for hydroxylation is 1. The largest absolute Gasteiger partial charge is 0.310 e. The Morgan fingerprint density at radius 3 is 2.53 bits per heavy atom. The van der Waals surface area contributed by atoms with E-state index in [0.29, 0.717) is 16.9 Å². The Hall–Kier alpha value is -0.530. The first-order chi connectivity index (χ1) is 8.84. The zero-order chi connectivity index (χ0) is 13.8. The molecule has 2 heteroatoms. The number of rotatable bonds is 3. The lowest BCUT2D eigenvalue weighted by molar-refractivity contribution is 0.457. The molecule has 1 nitrogen and oxygen atoms in total. The molecule has 0 aliphatic heterocycles. The fourth-order valence-corrected chi connectivity index (χ4v) is 4.10. The lowest BCUT2D eigenvalue weighted by Crippen LogP contribution is -2.23. The normalized spacial score (nSPS) is 27.3. The minimum absolute atomic E-state index is 0.474. The van der Waals surface area contributed by atoms with E-state index in [1.165, 1.54) is 17.5 Å². The quantitative estimate of drug-likeness (QED) is 0.851. The van der Waals surface area contributed by atoms with Crippen LogP contribution in [0, 0.1) is 16.7 Å². The van der Waals surface area contributed by atoms with Crippen LogP contribution in [0.3, 0.4) is 0 Å². The number of nitrogens with one attached hydrogen (secondary N) is 1. The van der Waals surface area contributed by atoms with E-state index in [4.69, 9.17) is 11.6 Å². The van der Waals surface area contributed by atoms with Gasteiger partial charge in [-0.1, -0.05) is 45.4 Å². The summed E-state index contributed by atoms with van der Waals surface area (Å²) in [6.45, 7) is 10.7. The van der Waals surface area contributed by atoms with E-state index in [0.717, 1.165) is 23.9 Å². The van der Waals surface area contributed by atoms with E-state index in [-0.39, 0.29) is 0 Å².